The smallest absolute Gasteiger partial charge is 0.159 e. The highest BCUT2D eigenvalue weighted by Crippen LogP contribution is 2.10. The summed E-state index contributed by atoms with van der Waals surface area (Å²) in [7, 11) is 0. The van der Waals surface area contributed by atoms with Gasteiger partial charge in [0.25, 0.3) is 0 Å². The Morgan fingerprint density at radius 1 is 1.18 bits per heavy atom. The Hall–Kier alpha value is -1.00. The summed E-state index contributed by atoms with van der Waals surface area (Å²) in [5.41, 5.74) is 0.793. The first-order valence-corrected chi connectivity index (χ1v) is 6.14. The lowest BCUT2D eigenvalue weighted by Crippen LogP contribution is -2.29. The fourth-order valence-corrected chi connectivity index (χ4v) is 2.14. The van der Waals surface area contributed by atoms with Crippen molar-refractivity contribution < 1.29 is 8.78 Å². The van der Waals surface area contributed by atoms with Crippen molar-refractivity contribution in [2.75, 3.05) is 13.1 Å². The lowest BCUT2D eigenvalue weighted by atomic mass is 10.1. The van der Waals surface area contributed by atoms with Gasteiger partial charge in [-0.1, -0.05) is 6.07 Å². The Kier molecular flexibility index (Phi) is 4.45. The molecular formula is C13H18F2N2. The molecule has 1 heterocycles. The minimum Gasteiger partial charge on any atom is -0.317 e. The minimum atomic E-state index is -0.785. The molecule has 1 aliphatic rings. The molecule has 2 N–H and O–H groups in total. The molecule has 4 heteroatoms. The molecule has 0 bridgehead atoms. The fraction of sp³-hybridized carbons (Fsp3) is 0.538. The third-order valence-electron chi connectivity index (χ3n) is 3.15. The van der Waals surface area contributed by atoms with Gasteiger partial charge in [0, 0.05) is 12.6 Å². The Morgan fingerprint density at radius 3 is 2.88 bits per heavy atom. The minimum absolute atomic E-state index is 0.470. The van der Waals surface area contributed by atoms with Crippen molar-refractivity contribution >= 4 is 0 Å². The first kappa shape index (κ1) is 12.5. The van der Waals surface area contributed by atoms with Gasteiger partial charge in [-0.2, -0.15) is 0 Å². The molecule has 1 aromatic carbocycles. The quantitative estimate of drug-likeness (QED) is 0.846. The van der Waals surface area contributed by atoms with E-state index in [9.17, 15) is 8.78 Å². The van der Waals surface area contributed by atoms with Gasteiger partial charge >= 0.3 is 0 Å². The molecule has 0 radical (unpaired) electrons. The van der Waals surface area contributed by atoms with E-state index in [1.54, 1.807) is 6.07 Å². The van der Waals surface area contributed by atoms with E-state index >= 15 is 0 Å². The molecule has 0 amide bonds. The van der Waals surface area contributed by atoms with Crippen LogP contribution in [-0.2, 0) is 6.54 Å². The number of hydrogen-bond donors (Lipinski definition) is 2. The van der Waals surface area contributed by atoms with Crippen molar-refractivity contribution in [1.82, 2.24) is 10.6 Å². The van der Waals surface area contributed by atoms with Crippen LogP contribution in [0.3, 0.4) is 0 Å². The van der Waals surface area contributed by atoms with E-state index in [1.165, 1.54) is 12.1 Å². The third kappa shape index (κ3) is 3.75. The monoisotopic (exact) mass is 240 g/mol. The fourth-order valence-electron chi connectivity index (χ4n) is 2.14. The number of nitrogens with one attached hydrogen (secondary N) is 2. The van der Waals surface area contributed by atoms with Gasteiger partial charge in [0.05, 0.1) is 0 Å². The van der Waals surface area contributed by atoms with Crippen LogP contribution < -0.4 is 10.6 Å². The molecule has 0 saturated carbocycles. The molecular weight excluding hydrogens is 222 g/mol. The van der Waals surface area contributed by atoms with E-state index in [0.29, 0.717) is 12.6 Å². The van der Waals surface area contributed by atoms with Gasteiger partial charge in [-0.25, -0.2) is 8.78 Å². The number of halogens is 2. The zero-order valence-electron chi connectivity index (χ0n) is 9.81. The van der Waals surface area contributed by atoms with Crippen LogP contribution in [0, 0.1) is 11.6 Å². The Labute approximate surface area is 100 Å². The van der Waals surface area contributed by atoms with Crippen LogP contribution in [0.5, 0.6) is 0 Å². The van der Waals surface area contributed by atoms with Crippen LogP contribution in [0.15, 0.2) is 18.2 Å². The van der Waals surface area contributed by atoms with Crippen molar-refractivity contribution in [2.45, 2.75) is 31.8 Å². The molecule has 17 heavy (non-hydrogen) atoms. The van der Waals surface area contributed by atoms with Gasteiger partial charge in [-0.3, -0.25) is 0 Å². The second-order valence-corrected chi connectivity index (χ2v) is 4.51. The zero-order chi connectivity index (χ0) is 12.1. The van der Waals surface area contributed by atoms with Crippen molar-refractivity contribution in [2.24, 2.45) is 0 Å². The molecule has 0 spiro atoms. The molecule has 0 aromatic heterocycles. The lowest BCUT2D eigenvalue weighted by Gasteiger charge is -2.15. The standard InChI is InChI=1S/C13H18F2N2/c14-12-4-3-10(8-13(12)15)9-17-11-2-1-6-16-7-5-11/h3-4,8,11,16-17H,1-2,5-7,9H2. The molecule has 2 nitrogen and oxygen atoms in total. The van der Waals surface area contributed by atoms with Gasteiger partial charge in [0.1, 0.15) is 0 Å². The van der Waals surface area contributed by atoms with Crippen LogP contribution in [0.2, 0.25) is 0 Å². The lowest BCUT2D eigenvalue weighted by molar-refractivity contribution is 0.465. The van der Waals surface area contributed by atoms with Crippen LogP contribution >= 0.6 is 0 Å². The SMILES string of the molecule is Fc1ccc(CNC2CCCNCC2)cc1F. The first-order chi connectivity index (χ1) is 8.25. The highest BCUT2D eigenvalue weighted by molar-refractivity contribution is 5.17. The topological polar surface area (TPSA) is 24.1 Å². The van der Waals surface area contributed by atoms with Crippen molar-refractivity contribution in [1.29, 1.82) is 0 Å². The van der Waals surface area contributed by atoms with Crippen molar-refractivity contribution in [3.63, 3.8) is 0 Å². The van der Waals surface area contributed by atoms with E-state index in [0.717, 1.165) is 37.9 Å². The van der Waals surface area contributed by atoms with Crippen LogP contribution in [-0.4, -0.2) is 19.1 Å². The molecule has 1 unspecified atom stereocenters. The molecule has 1 atom stereocenters. The summed E-state index contributed by atoms with van der Waals surface area (Å²) in [6.07, 6.45) is 3.38. The normalized spacial score (nSPS) is 21.2. The van der Waals surface area contributed by atoms with Gasteiger partial charge in [0.2, 0.25) is 0 Å². The third-order valence-corrected chi connectivity index (χ3v) is 3.15. The van der Waals surface area contributed by atoms with E-state index in [4.69, 9.17) is 0 Å². The first-order valence-electron chi connectivity index (χ1n) is 6.14. The predicted octanol–water partition coefficient (Wildman–Crippen LogP) is 2.20. The van der Waals surface area contributed by atoms with E-state index in [-0.39, 0.29) is 0 Å². The van der Waals surface area contributed by atoms with Crippen LogP contribution in [0.4, 0.5) is 8.78 Å². The van der Waals surface area contributed by atoms with Gasteiger partial charge in [-0.15, -0.1) is 0 Å². The Balaban J connectivity index is 1.85. The number of rotatable bonds is 3. The molecule has 0 aliphatic carbocycles. The summed E-state index contributed by atoms with van der Waals surface area (Å²) in [6, 6.07) is 4.54. The van der Waals surface area contributed by atoms with E-state index in [1.807, 2.05) is 0 Å². The number of hydrogen-bond acceptors (Lipinski definition) is 2. The molecule has 1 saturated heterocycles. The Morgan fingerprint density at radius 2 is 2.06 bits per heavy atom. The Bertz CT molecular complexity index is 360. The second-order valence-electron chi connectivity index (χ2n) is 4.51. The number of benzene rings is 1. The largest absolute Gasteiger partial charge is 0.317 e. The van der Waals surface area contributed by atoms with E-state index in [2.05, 4.69) is 10.6 Å². The second kappa shape index (κ2) is 6.07. The summed E-state index contributed by atoms with van der Waals surface area (Å²) in [6.45, 7) is 2.70. The molecule has 1 aliphatic heterocycles. The molecule has 2 rings (SSSR count). The summed E-state index contributed by atoms with van der Waals surface area (Å²) in [5, 5.41) is 6.74. The summed E-state index contributed by atoms with van der Waals surface area (Å²) in [4.78, 5) is 0. The van der Waals surface area contributed by atoms with Crippen LogP contribution in [0.1, 0.15) is 24.8 Å². The summed E-state index contributed by atoms with van der Waals surface area (Å²) < 4.78 is 25.7. The van der Waals surface area contributed by atoms with Crippen LogP contribution in [0.25, 0.3) is 0 Å². The highest BCUT2D eigenvalue weighted by Gasteiger charge is 2.11. The van der Waals surface area contributed by atoms with Crippen molar-refractivity contribution in [3.05, 3.63) is 35.4 Å². The zero-order valence-corrected chi connectivity index (χ0v) is 9.81. The summed E-state index contributed by atoms with van der Waals surface area (Å²) in [5.74, 6) is -1.56. The maximum absolute atomic E-state index is 13.0. The highest BCUT2D eigenvalue weighted by atomic mass is 19.2. The maximum atomic E-state index is 13.0. The average molecular weight is 240 g/mol. The van der Waals surface area contributed by atoms with E-state index < -0.39 is 11.6 Å². The van der Waals surface area contributed by atoms with Gasteiger partial charge in [-0.05, 0) is 50.0 Å². The average Bonchev–Trinajstić information content (AvgIpc) is 2.59. The molecule has 94 valence electrons. The molecule has 1 fully saturated rings. The van der Waals surface area contributed by atoms with Crippen molar-refractivity contribution in [3.8, 4) is 0 Å². The summed E-state index contributed by atoms with van der Waals surface area (Å²) >= 11 is 0. The van der Waals surface area contributed by atoms with Gasteiger partial charge < -0.3 is 10.6 Å². The van der Waals surface area contributed by atoms with Gasteiger partial charge in [0.15, 0.2) is 11.6 Å². The maximum Gasteiger partial charge on any atom is 0.159 e. The predicted molar refractivity (Wildman–Crippen MR) is 63.7 cm³/mol. The molecule has 1 aromatic rings.